The number of aromatic nitrogens is 1. The van der Waals surface area contributed by atoms with Gasteiger partial charge in [0.1, 0.15) is 11.6 Å². The van der Waals surface area contributed by atoms with Gasteiger partial charge in [-0.2, -0.15) is 0 Å². The van der Waals surface area contributed by atoms with Crippen LogP contribution in [0.5, 0.6) is 0 Å². The van der Waals surface area contributed by atoms with Crippen molar-refractivity contribution in [3.63, 3.8) is 0 Å². The summed E-state index contributed by atoms with van der Waals surface area (Å²) < 4.78 is 32.5. The van der Waals surface area contributed by atoms with Crippen molar-refractivity contribution in [3.05, 3.63) is 41.1 Å². The summed E-state index contributed by atoms with van der Waals surface area (Å²) in [5.41, 5.74) is 1.07. The van der Waals surface area contributed by atoms with Crippen LogP contribution in [0, 0.1) is 18.6 Å². The molecule has 19 heavy (non-hydrogen) atoms. The normalized spacial score (nSPS) is 11.3. The number of hydrogen-bond donors (Lipinski definition) is 1. The number of nitrogens with one attached hydrogen (secondary N) is 1. The number of hydrogen-bond acceptors (Lipinski definition) is 3. The number of rotatable bonds is 4. The summed E-state index contributed by atoms with van der Waals surface area (Å²) in [5, 5.41) is 6.85. The lowest BCUT2D eigenvalue weighted by molar-refractivity contribution is 0.428. The highest BCUT2D eigenvalue weighted by Crippen LogP contribution is 2.28. The largest absolute Gasteiger partial charge is 0.356 e. The van der Waals surface area contributed by atoms with Gasteiger partial charge in [0.15, 0.2) is 5.76 Å². The number of halogens is 2. The van der Waals surface area contributed by atoms with Crippen molar-refractivity contribution in [2.24, 2.45) is 0 Å². The van der Waals surface area contributed by atoms with E-state index < -0.39 is 11.6 Å². The van der Waals surface area contributed by atoms with E-state index in [1.165, 1.54) is 13.1 Å². The van der Waals surface area contributed by atoms with Crippen molar-refractivity contribution in [3.8, 4) is 11.3 Å². The summed E-state index contributed by atoms with van der Waals surface area (Å²) in [7, 11) is 0. The second kappa shape index (κ2) is 5.48. The first kappa shape index (κ1) is 13.7. The van der Waals surface area contributed by atoms with Crippen LogP contribution in [0.1, 0.15) is 25.0 Å². The predicted octanol–water partition coefficient (Wildman–Crippen LogP) is 3.43. The van der Waals surface area contributed by atoms with E-state index in [1.54, 1.807) is 0 Å². The molecule has 0 fully saturated rings. The lowest BCUT2D eigenvalue weighted by Gasteiger charge is -2.08. The molecule has 102 valence electrons. The molecule has 0 radical (unpaired) electrons. The Morgan fingerprint density at radius 1 is 1.26 bits per heavy atom. The molecule has 0 atom stereocenters. The summed E-state index contributed by atoms with van der Waals surface area (Å²) in [5.74, 6) is -0.707. The Kier molecular flexibility index (Phi) is 3.95. The molecule has 2 rings (SSSR count). The summed E-state index contributed by atoms with van der Waals surface area (Å²) in [6.07, 6.45) is 1.52. The van der Waals surface area contributed by atoms with Gasteiger partial charge < -0.3 is 9.84 Å². The zero-order valence-corrected chi connectivity index (χ0v) is 11.1. The standard InChI is InChI=1S/C14H16F2N2O/c1-8(2)17-6-10-7-18-19-14(10)11-5-12(15)9(3)4-13(11)16/h4-5,7-8,17H,6H2,1-3H3. The van der Waals surface area contributed by atoms with Gasteiger partial charge >= 0.3 is 0 Å². The van der Waals surface area contributed by atoms with E-state index >= 15 is 0 Å². The average molecular weight is 266 g/mol. The third-order valence-corrected chi connectivity index (χ3v) is 2.84. The molecule has 0 aliphatic rings. The van der Waals surface area contributed by atoms with Crippen molar-refractivity contribution >= 4 is 0 Å². The minimum Gasteiger partial charge on any atom is -0.356 e. The molecule has 2 aromatic rings. The molecular weight excluding hydrogens is 250 g/mol. The van der Waals surface area contributed by atoms with Crippen molar-refractivity contribution in [1.82, 2.24) is 10.5 Å². The maximum atomic E-state index is 13.9. The van der Waals surface area contributed by atoms with Gasteiger partial charge in [-0.3, -0.25) is 0 Å². The van der Waals surface area contributed by atoms with Gasteiger partial charge in [0.05, 0.1) is 11.8 Å². The fourth-order valence-electron chi connectivity index (χ4n) is 1.74. The second-order valence-electron chi connectivity index (χ2n) is 4.80. The van der Waals surface area contributed by atoms with Crippen molar-refractivity contribution in [2.75, 3.05) is 0 Å². The van der Waals surface area contributed by atoms with E-state index in [1.807, 2.05) is 13.8 Å². The molecule has 0 unspecified atom stereocenters. The molecule has 0 saturated heterocycles. The maximum absolute atomic E-state index is 13.9. The molecule has 0 bridgehead atoms. The van der Waals surface area contributed by atoms with Crippen LogP contribution in [-0.4, -0.2) is 11.2 Å². The molecule has 0 aliphatic heterocycles. The Hall–Kier alpha value is -1.75. The topological polar surface area (TPSA) is 38.1 Å². The van der Waals surface area contributed by atoms with Crippen LogP contribution in [0.15, 0.2) is 22.9 Å². The van der Waals surface area contributed by atoms with Crippen LogP contribution in [0.3, 0.4) is 0 Å². The molecule has 1 aromatic carbocycles. The van der Waals surface area contributed by atoms with Gasteiger partial charge in [0, 0.05) is 18.2 Å². The Labute approximate surface area is 110 Å². The highest BCUT2D eigenvalue weighted by Gasteiger charge is 2.17. The molecule has 0 amide bonds. The summed E-state index contributed by atoms with van der Waals surface area (Å²) in [4.78, 5) is 0. The van der Waals surface area contributed by atoms with Crippen molar-refractivity contribution in [2.45, 2.75) is 33.4 Å². The molecule has 3 nitrogen and oxygen atoms in total. The first-order valence-electron chi connectivity index (χ1n) is 6.12. The van der Waals surface area contributed by atoms with E-state index in [0.717, 1.165) is 12.1 Å². The van der Waals surface area contributed by atoms with Gasteiger partial charge in [-0.05, 0) is 24.6 Å². The van der Waals surface area contributed by atoms with Gasteiger partial charge in [-0.1, -0.05) is 19.0 Å². The Morgan fingerprint density at radius 2 is 2.00 bits per heavy atom. The van der Waals surface area contributed by atoms with Crippen molar-refractivity contribution < 1.29 is 13.3 Å². The first-order chi connectivity index (χ1) is 8.99. The molecule has 0 aliphatic carbocycles. The molecule has 1 N–H and O–H groups in total. The molecule has 0 saturated carbocycles. The summed E-state index contributed by atoms with van der Waals surface area (Å²) >= 11 is 0. The zero-order chi connectivity index (χ0) is 14.0. The minimum atomic E-state index is -0.513. The smallest absolute Gasteiger partial charge is 0.174 e. The van der Waals surface area contributed by atoms with Crippen LogP contribution >= 0.6 is 0 Å². The van der Waals surface area contributed by atoms with E-state index in [0.29, 0.717) is 12.1 Å². The minimum absolute atomic E-state index is 0.0983. The highest BCUT2D eigenvalue weighted by molar-refractivity contribution is 5.62. The molecule has 1 heterocycles. The maximum Gasteiger partial charge on any atom is 0.174 e. The molecule has 5 heteroatoms. The van der Waals surface area contributed by atoms with Crippen LogP contribution in [0.25, 0.3) is 11.3 Å². The monoisotopic (exact) mass is 266 g/mol. The summed E-state index contributed by atoms with van der Waals surface area (Å²) in [6, 6.07) is 2.58. The lowest BCUT2D eigenvalue weighted by atomic mass is 10.1. The van der Waals surface area contributed by atoms with E-state index in [-0.39, 0.29) is 22.9 Å². The van der Waals surface area contributed by atoms with Gasteiger partial charge in [0.25, 0.3) is 0 Å². The van der Waals surface area contributed by atoms with E-state index in [4.69, 9.17) is 4.52 Å². The van der Waals surface area contributed by atoms with Crippen molar-refractivity contribution in [1.29, 1.82) is 0 Å². The first-order valence-corrected chi connectivity index (χ1v) is 6.12. The third kappa shape index (κ3) is 2.98. The quantitative estimate of drug-likeness (QED) is 0.921. The van der Waals surface area contributed by atoms with Crippen LogP contribution in [0.4, 0.5) is 8.78 Å². The molecule has 0 spiro atoms. The number of aryl methyl sites for hydroxylation is 1. The average Bonchev–Trinajstić information content (AvgIpc) is 2.79. The van der Waals surface area contributed by atoms with Crippen LogP contribution in [-0.2, 0) is 6.54 Å². The Morgan fingerprint density at radius 3 is 2.68 bits per heavy atom. The lowest BCUT2D eigenvalue weighted by Crippen LogP contribution is -2.21. The zero-order valence-electron chi connectivity index (χ0n) is 11.1. The Balaban J connectivity index is 2.37. The second-order valence-corrected chi connectivity index (χ2v) is 4.80. The number of benzene rings is 1. The van der Waals surface area contributed by atoms with Crippen LogP contribution < -0.4 is 5.32 Å². The molecule has 1 aromatic heterocycles. The number of nitrogens with zero attached hydrogens (tertiary/aromatic N) is 1. The molecular formula is C14H16F2N2O. The summed E-state index contributed by atoms with van der Waals surface area (Å²) in [6.45, 7) is 6.01. The van der Waals surface area contributed by atoms with Gasteiger partial charge in [-0.15, -0.1) is 0 Å². The third-order valence-electron chi connectivity index (χ3n) is 2.84. The fourth-order valence-corrected chi connectivity index (χ4v) is 1.74. The van der Waals surface area contributed by atoms with Gasteiger partial charge in [-0.25, -0.2) is 8.78 Å². The van der Waals surface area contributed by atoms with Crippen LogP contribution in [0.2, 0.25) is 0 Å². The Bertz CT molecular complexity index is 579. The predicted molar refractivity (Wildman–Crippen MR) is 68.6 cm³/mol. The SMILES string of the molecule is Cc1cc(F)c(-c2oncc2CNC(C)C)cc1F. The highest BCUT2D eigenvalue weighted by atomic mass is 19.1. The van der Waals surface area contributed by atoms with Gasteiger partial charge in [0.2, 0.25) is 0 Å². The van der Waals surface area contributed by atoms with E-state index in [9.17, 15) is 8.78 Å². The van der Waals surface area contributed by atoms with E-state index in [2.05, 4.69) is 10.5 Å². The fraction of sp³-hybridized carbons (Fsp3) is 0.357.